The van der Waals surface area contributed by atoms with Gasteiger partial charge in [0.1, 0.15) is 11.6 Å². The molecule has 0 unspecified atom stereocenters. The zero-order chi connectivity index (χ0) is 28.1. The first kappa shape index (κ1) is 27.1. The number of carbonyl (C=O) groups excluding carboxylic acids is 3. The van der Waals surface area contributed by atoms with E-state index in [-0.39, 0.29) is 17.2 Å². The minimum absolute atomic E-state index is 0.117. The Bertz CT molecular complexity index is 1390. The summed E-state index contributed by atoms with van der Waals surface area (Å²) in [4.78, 5) is 44.4. The third kappa shape index (κ3) is 6.20. The van der Waals surface area contributed by atoms with Crippen LogP contribution in [0, 0.1) is 11.6 Å². The van der Waals surface area contributed by atoms with Crippen LogP contribution in [0.25, 0.3) is 0 Å². The molecule has 2 N–H and O–H groups in total. The number of piperazine rings is 1. The molecule has 4 amide bonds. The van der Waals surface area contributed by atoms with Gasteiger partial charge in [-0.3, -0.25) is 9.59 Å². The predicted molar refractivity (Wildman–Crippen MR) is 147 cm³/mol. The Kier molecular flexibility index (Phi) is 8.20. The summed E-state index contributed by atoms with van der Waals surface area (Å²) in [7, 11) is 0. The lowest BCUT2D eigenvalue weighted by Gasteiger charge is -2.37. The van der Waals surface area contributed by atoms with Crippen LogP contribution >= 0.6 is 0 Å². The van der Waals surface area contributed by atoms with Crippen molar-refractivity contribution in [1.82, 2.24) is 9.80 Å². The number of halogens is 2. The van der Waals surface area contributed by atoms with Crippen molar-refractivity contribution in [3.05, 3.63) is 89.5 Å². The first-order valence-electron chi connectivity index (χ1n) is 13.0. The fourth-order valence-corrected chi connectivity index (χ4v) is 4.71. The third-order valence-electron chi connectivity index (χ3n) is 6.91. The molecule has 0 radical (unpaired) electrons. The van der Waals surface area contributed by atoms with Crippen LogP contribution in [0.2, 0.25) is 0 Å². The minimum Gasteiger partial charge on any atom is -0.378 e. The molecule has 0 aliphatic carbocycles. The topological polar surface area (TPSA) is 94.2 Å². The van der Waals surface area contributed by atoms with Crippen LogP contribution in [0.5, 0.6) is 0 Å². The number of urea groups is 1. The van der Waals surface area contributed by atoms with Crippen LogP contribution in [-0.2, 0) is 4.74 Å². The van der Waals surface area contributed by atoms with Gasteiger partial charge in [-0.25, -0.2) is 13.6 Å². The number of rotatable bonds is 5. The Balaban J connectivity index is 1.32. The van der Waals surface area contributed by atoms with E-state index in [9.17, 15) is 23.2 Å². The molecule has 2 heterocycles. The van der Waals surface area contributed by atoms with Gasteiger partial charge in [0.15, 0.2) is 0 Å². The fourth-order valence-electron chi connectivity index (χ4n) is 4.71. The van der Waals surface area contributed by atoms with Crippen molar-refractivity contribution in [2.45, 2.75) is 0 Å². The second-order valence-corrected chi connectivity index (χ2v) is 9.48. The molecule has 2 aliphatic rings. The Labute approximate surface area is 230 Å². The highest BCUT2D eigenvalue weighted by molar-refractivity contribution is 6.06. The first-order chi connectivity index (χ1) is 19.4. The zero-order valence-electron chi connectivity index (χ0n) is 21.7. The van der Waals surface area contributed by atoms with Crippen molar-refractivity contribution >= 4 is 34.9 Å². The predicted octanol–water partition coefficient (Wildman–Crippen LogP) is 4.04. The van der Waals surface area contributed by atoms with Crippen molar-refractivity contribution in [2.24, 2.45) is 0 Å². The molecule has 2 fully saturated rings. The molecule has 2 aliphatic heterocycles. The molecule has 40 heavy (non-hydrogen) atoms. The van der Waals surface area contributed by atoms with E-state index in [4.69, 9.17) is 4.74 Å². The molecule has 208 valence electrons. The van der Waals surface area contributed by atoms with E-state index < -0.39 is 23.6 Å². The number of amides is 4. The number of carbonyl (C=O) groups is 3. The molecular formula is C29H29F2N5O4. The highest BCUT2D eigenvalue weighted by atomic mass is 19.1. The van der Waals surface area contributed by atoms with Crippen molar-refractivity contribution in [3.63, 3.8) is 0 Å². The highest BCUT2D eigenvalue weighted by Gasteiger charge is 2.27. The molecule has 11 heteroatoms. The van der Waals surface area contributed by atoms with Gasteiger partial charge in [-0.1, -0.05) is 12.1 Å². The number of benzene rings is 3. The molecule has 0 aromatic heterocycles. The summed E-state index contributed by atoms with van der Waals surface area (Å²) in [6.07, 6.45) is 0. The zero-order valence-corrected chi connectivity index (χ0v) is 21.7. The molecule has 3 aromatic carbocycles. The van der Waals surface area contributed by atoms with Crippen molar-refractivity contribution < 1.29 is 27.9 Å². The highest BCUT2D eigenvalue weighted by Crippen LogP contribution is 2.28. The van der Waals surface area contributed by atoms with Crippen LogP contribution < -0.4 is 15.5 Å². The maximum atomic E-state index is 14.0. The van der Waals surface area contributed by atoms with Gasteiger partial charge in [0.2, 0.25) is 0 Å². The molecule has 2 saturated heterocycles. The van der Waals surface area contributed by atoms with Crippen LogP contribution in [0.4, 0.5) is 30.6 Å². The van der Waals surface area contributed by atoms with Crippen molar-refractivity contribution in [1.29, 1.82) is 0 Å². The van der Waals surface area contributed by atoms with Gasteiger partial charge < -0.3 is 30.1 Å². The van der Waals surface area contributed by atoms with Crippen molar-refractivity contribution in [3.8, 4) is 0 Å². The van der Waals surface area contributed by atoms with E-state index in [2.05, 4.69) is 10.6 Å². The normalized spacial score (nSPS) is 15.5. The van der Waals surface area contributed by atoms with Crippen molar-refractivity contribution in [2.75, 3.05) is 68.0 Å². The SMILES string of the molecule is O=C(Nc1ccc(N2CCN(C(=O)Nc3ccccc3F)CC2)c(C(=O)N2CCOCC2)c1)c1ccc(F)cc1. The molecule has 0 spiro atoms. The second kappa shape index (κ2) is 12.1. The smallest absolute Gasteiger partial charge is 0.322 e. The lowest BCUT2D eigenvalue weighted by Crippen LogP contribution is -2.50. The van der Waals surface area contributed by atoms with Gasteiger partial charge >= 0.3 is 6.03 Å². The summed E-state index contributed by atoms with van der Waals surface area (Å²) in [6.45, 7) is 3.44. The molecule has 3 aromatic rings. The second-order valence-electron chi connectivity index (χ2n) is 9.48. The van der Waals surface area contributed by atoms with Crippen LogP contribution in [0.15, 0.2) is 66.7 Å². The fraction of sp³-hybridized carbons (Fsp3) is 0.276. The van der Waals surface area contributed by atoms with E-state index in [1.54, 1.807) is 40.1 Å². The molecule has 5 rings (SSSR count). The Morgan fingerprint density at radius 1 is 0.750 bits per heavy atom. The monoisotopic (exact) mass is 549 g/mol. The number of para-hydroxylation sites is 1. The molecule has 9 nitrogen and oxygen atoms in total. The van der Waals surface area contributed by atoms with E-state index >= 15 is 0 Å². The molecule has 0 bridgehead atoms. The van der Waals surface area contributed by atoms with Gasteiger partial charge in [-0.05, 0) is 54.6 Å². The summed E-state index contributed by atoms with van der Waals surface area (Å²) in [5.74, 6) is -1.56. The maximum absolute atomic E-state index is 14.0. The average Bonchev–Trinajstić information content (AvgIpc) is 2.99. The number of nitrogens with zero attached hydrogens (tertiary/aromatic N) is 3. The van der Waals surface area contributed by atoms with Crippen LogP contribution in [-0.4, -0.2) is 80.1 Å². The van der Waals surface area contributed by atoms with E-state index in [0.717, 1.165) is 0 Å². The number of hydrogen-bond donors (Lipinski definition) is 2. The van der Waals surface area contributed by atoms with E-state index in [1.807, 2.05) is 4.90 Å². The Morgan fingerprint density at radius 3 is 2.15 bits per heavy atom. The molecule has 0 atom stereocenters. The molecular weight excluding hydrogens is 520 g/mol. The van der Waals surface area contributed by atoms with Gasteiger partial charge in [-0.15, -0.1) is 0 Å². The lowest BCUT2D eigenvalue weighted by molar-refractivity contribution is 0.0303. The van der Waals surface area contributed by atoms with E-state index in [0.29, 0.717) is 69.4 Å². The van der Waals surface area contributed by atoms with Crippen LogP contribution in [0.1, 0.15) is 20.7 Å². The summed E-state index contributed by atoms with van der Waals surface area (Å²) >= 11 is 0. The Morgan fingerprint density at radius 2 is 1.45 bits per heavy atom. The number of ether oxygens (including phenoxy) is 1. The lowest BCUT2D eigenvalue weighted by atomic mass is 10.1. The average molecular weight is 550 g/mol. The number of morpholine rings is 1. The Hall–Kier alpha value is -4.51. The van der Waals surface area contributed by atoms with Gasteiger partial charge in [-0.2, -0.15) is 0 Å². The summed E-state index contributed by atoms with van der Waals surface area (Å²) in [5, 5.41) is 5.40. The first-order valence-corrected chi connectivity index (χ1v) is 13.0. The number of hydrogen-bond acceptors (Lipinski definition) is 5. The van der Waals surface area contributed by atoms with Gasteiger partial charge in [0.25, 0.3) is 11.8 Å². The van der Waals surface area contributed by atoms with Crippen LogP contribution in [0.3, 0.4) is 0 Å². The van der Waals surface area contributed by atoms with Gasteiger partial charge in [0.05, 0.1) is 24.5 Å². The van der Waals surface area contributed by atoms with Gasteiger partial charge in [0, 0.05) is 56.2 Å². The standard InChI is InChI=1S/C29H29F2N5O4/c30-21-7-5-20(6-8-21)27(37)32-22-9-10-26(23(19-22)28(38)35-15-17-40-18-16-35)34-11-13-36(14-12-34)29(39)33-25-4-2-1-3-24(25)31/h1-10,19H,11-18H2,(H,32,37)(H,33,39). The molecule has 0 saturated carbocycles. The van der Waals surface area contributed by atoms with E-state index in [1.165, 1.54) is 36.4 Å². The summed E-state index contributed by atoms with van der Waals surface area (Å²) in [5.41, 5.74) is 1.94. The third-order valence-corrected chi connectivity index (χ3v) is 6.91. The largest absolute Gasteiger partial charge is 0.378 e. The maximum Gasteiger partial charge on any atom is 0.322 e. The quantitative estimate of drug-likeness (QED) is 0.501. The number of nitrogens with one attached hydrogen (secondary N) is 2. The minimum atomic E-state index is -0.507. The summed E-state index contributed by atoms with van der Waals surface area (Å²) < 4.78 is 32.6. The number of anilines is 3. The summed E-state index contributed by atoms with van der Waals surface area (Å²) in [6, 6.07) is 15.9.